The predicted molar refractivity (Wildman–Crippen MR) is 109 cm³/mol. The Morgan fingerprint density at radius 1 is 1.00 bits per heavy atom. The average Bonchev–Trinajstić information content (AvgIpc) is 3.45. The fourth-order valence-electron chi connectivity index (χ4n) is 3.07. The fraction of sp³-hybridized carbons (Fsp3) is 0.364. The molecule has 0 aromatic heterocycles. The minimum Gasteiger partial charge on any atom is -0.356 e. The maximum atomic E-state index is 12.3. The highest BCUT2D eigenvalue weighted by atomic mass is 35.5. The van der Waals surface area contributed by atoms with Gasteiger partial charge in [-0.3, -0.25) is 9.59 Å². The van der Waals surface area contributed by atoms with Crippen LogP contribution in [0.2, 0.25) is 5.02 Å². The third-order valence-corrected chi connectivity index (χ3v) is 5.19. The molecule has 0 bridgehead atoms. The van der Waals surface area contributed by atoms with Crippen molar-refractivity contribution in [2.45, 2.75) is 32.6 Å². The van der Waals surface area contributed by atoms with E-state index in [0.717, 1.165) is 17.7 Å². The van der Waals surface area contributed by atoms with Gasteiger partial charge in [0, 0.05) is 17.3 Å². The normalized spacial score (nSPS) is 18.2. The van der Waals surface area contributed by atoms with Gasteiger partial charge in [0.1, 0.15) is 0 Å². The lowest BCUT2D eigenvalue weighted by molar-refractivity contribution is -0.125. The zero-order chi connectivity index (χ0) is 19.4. The monoisotopic (exact) mass is 384 g/mol. The molecule has 0 spiro atoms. The molecule has 1 aliphatic rings. The number of nitrogens with one attached hydrogen (secondary N) is 2. The van der Waals surface area contributed by atoms with Crippen LogP contribution in [0.3, 0.4) is 0 Å². The molecular formula is C22H25ClN2O2. The van der Waals surface area contributed by atoms with E-state index in [0.29, 0.717) is 23.9 Å². The van der Waals surface area contributed by atoms with Crippen molar-refractivity contribution in [3.05, 3.63) is 64.7 Å². The van der Waals surface area contributed by atoms with Crippen LogP contribution in [0.1, 0.15) is 37.3 Å². The van der Waals surface area contributed by atoms with Gasteiger partial charge in [-0.15, -0.1) is 0 Å². The van der Waals surface area contributed by atoms with Crippen LogP contribution >= 0.6 is 11.6 Å². The van der Waals surface area contributed by atoms with Gasteiger partial charge in [-0.25, -0.2) is 0 Å². The van der Waals surface area contributed by atoms with Crippen molar-refractivity contribution in [1.29, 1.82) is 0 Å². The maximum absolute atomic E-state index is 12.3. The quantitative estimate of drug-likeness (QED) is 0.743. The molecule has 1 saturated carbocycles. The van der Waals surface area contributed by atoms with E-state index in [1.807, 2.05) is 48.5 Å². The van der Waals surface area contributed by atoms with Crippen LogP contribution in [0.5, 0.6) is 0 Å². The van der Waals surface area contributed by atoms with E-state index in [9.17, 15) is 9.59 Å². The smallest absolute Gasteiger partial charge is 0.228 e. The molecule has 4 nitrogen and oxygen atoms in total. The van der Waals surface area contributed by atoms with Gasteiger partial charge in [-0.2, -0.15) is 0 Å². The number of rotatable bonds is 7. The summed E-state index contributed by atoms with van der Waals surface area (Å²) < 4.78 is 0. The van der Waals surface area contributed by atoms with Gasteiger partial charge in [0.15, 0.2) is 0 Å². The van der Waals surface area contributed by atoms with E-state index in [4.69, 9.17) is 11.6 Å². The zero-order valence-electron chi connectivity index (χ0n) is 15.7. The predicted octanol–water partition coefficient (Wildman–Crippen LogP) is 4.40. The van der Waals surface area contributed by atoms with Gasteiger partial charge in [-0.05, 0) is 54.2 Å². The Kier molecular flexibility index (Phi) is 6.17. The van der Waals surface area contributed by atoms with Crippen LogP contribution in [-0.2, 0) is 16.0 Å². The van der Waals surface area contributed by atoms with Gasteiger partial charge < -0.3 is 10.6 Å². The molecule has 2 unspecified atom stereocenters. The summed E-state index contributed by atoms with van der Waals surface area (Å²) in [5, 5.41) is 6.54. The molecule has 2 amide bonds. The topological polar surface area (TPSA) is 58.2 Å². The van der Waals surface area contributed by atoms with Crippen molar-refractivity contribution in [3.8, 4) is 0 Å². The van der Waals surface area contributed by atoms with Crippen molar-refractivity contribution in [2.24, 2.45) is 11.8 Å². The summed E-state index contributed by atoms with van der Waals surface area (Å²) in [6.45, 7) is 4.82. The Hall–Kier alpha value is -2.33. The molecule has 5 heteroatoms. The number of carbonyl (C=O) groups is 2. The third kappa shape index (κ3) is 5.33. The minimum atomic E-state index is -0.231. The molecule has 0 heterocycles. The van der Waals surface area contributed by atoms with E-state index >= 15 is 0 Å². The Balaban J connectivity index is 1.42. The molecule has 1 aliphatic carbocycles. The number of anilines is 1. The Morgan fingerprint density at radius 3 is 2.26 bits per heavy atom. The number of hydrogen-bond donors (Lipinski definition) is 2. The molecule has 2 atom stereocenters. The highest BCUT2D eigenvalue weighted by Crippen LogP contribution is 2.39. The van der Waals surface area contributed by atoms with Gasteiger partial charge in [0.2, 0.25) is 11.8 Å². The first-order chi connectivity index (χ1) is 12.9. The van der Waals surface area contributed by atoms with Crippen molar-refractivity contribution in [2.75, 3.05) is 11.9 Å². The van der Waals surface area contributed by atoms with Gasteiger partial charge in [0.25, 0.3) is 0 Å². The first-order valence-electron chi connectivity index (χ1n) is 9.37. The Bertz CT molecular complexity index is 800. The number of carbonyl (C=O) groups excluding carboxylic acids is 2. The van der Waals surface area contributed by atoms with Crippen molar-refractivity contribution in [3.63, 3.8) is 0 Å². The van der Waals surface area contributed by atoms with Crippen LogP contribution in [0, 0.1) is 11.8 Å². The summed E-state index contributed by atoms with van der Waals surface area (Å²) in [7, 11) is 0. The SMILES string of the molecule is CC(C)c1ccc(NC(=O)C2CC2C(=O)NCCc2ccc(Cl)cc2)cc1. The Morgan fingerprint density at radius 2 is 1.63 bits per heavy atom. The first-order valence-corrected chi connectivity index (χ1v) is 9.75. The second-order valence-electron chi connectivity index (χ2n) is 7.38. The van der Waals surface area contributed by atoms with E-state index in [1.54, 1.807) is 0 Å². The van der Waals surface area contributed by atoms with Gasteiger partial charge in [0.05, 0.1) is 11.8 Å². The summed E-state index contributed by atoms with van der Waals surface area (Å²) in [5.41, 5.74) is 3.13. The molecule has 3 rings (SSSR count). The van der Waals surface area contributed by atoms with E-state index in [1.165, 1.54) is 5.56 Å². The van der Waals surface area contributed by atoms with Crippen LogP contribution in [0.4, 0.5) is 5.69 Å². The molecule has 1 fully saturated rings. The Labute approximate surface area is 165 Å². The second-order valence-corrected chi connectivity index (χ2v) is 7.82. The van der Waals surface area contributed by atoms with Crippen LogP contribution in [0.25, 0.3) is 0 Å². The third-order valence-electron chi connectivity index (χ3n) is 4.94. The van der Waals surface area contributed by atoms with Crippen LogP contribution < -0.4 is 10.6 Å². The standard InChI is InChI=1S/C22H25ClN2O2/c1-14(2)16-5-9-18(10-6-16)25-22(27)20-13-19(20)21(26)24-12-11-15-3-7-17(23)8-4-15/h3-10,14,19-20H,11-13H2,1-2H3,(H,24,26)(H,25,27). The minimum absolute atomic E-state index is 0.0423. The number of hydrogen-bond acceptors (Lipinski definition) is 2. The van der Waals surface area contributed by atoms with Gasteiger partial charge >= 0.3 is 0 Å². The van der Waals surface area contributed by atoms with Crippen molar-refractivity contribution in [1.82, 2.24) is 5.32 Å². The molecule has 0 aliphatic heterocycles. The summed E-state index contributed by atoms with van der Waals surface area (Å²) in [6, 6.07) is 15.5. The molecule has 27 heavy (non-hydrogen) atoms. The molecule has 2 N–H and O–H groups in total. The van der Waals surface area contributed by atoms with Crippen molar-refractivity contribution < 1.29 is 9.59 Å². The molecule has 142 valence electrons. The molecule has 0 saturated heterocycles. The van der Waals surface area contributed by atoms with E-state index in [2.05, 4.69) is 24.5 Å². The maximum Gasteiger partial charge on any atom is 0.228 e. The largest absolute Gasteiger partial charge is 0.356 e. The highest BCUT2D eigenvalue weighted by Gasteiger charge is 2.47. The van der Waals surface area contributed by atoms with E-state index in [-0.39, 0.29) is 23.7 Å². The summed E-state index contributed by atoms with van der Waals surface area (Å²) >= 11 is 5.86. The number of amides is 2. The highest BCUT2D eigenvalue weighted by molar-refractivity contribution is 6.30. The summed E-state index contributed by atoms with van der Waals surface area (Å²) in [5.74, 6) is -0.112. The zero-order valence-corrected chi connectivity index (χ0v) is 16.4. The van der Waals surface area contributed by atoms with Gasteiger partial charge in [-0.1, -0.05) is 49.7 Å². The number of benzene rings is 2. The lowest BCUT2D eigenvalue weighted by Crippen LogP contribution is -2.29. The fourth-order valence-corrected chi connectivity index (χ4v) is 3.20. The molecule has 0 radical (unpaired) electrons. The molecular weight excluding hydrogens is 360 g/mol. The van der Waals surface area contributed by atoms with Crippen molar-refractivity contribution >= 4 is 29.1 Å². The molecule has 2 aromatic rings. The first kappa shape index (κ1) is 19.4. The number of halogens is 1. The summed E-state index contributed by atoms with van der Waals surface area (Å²) in [6.07, 6.45) is 1.36. The summed E-state index contributed by atoms with van der Waals surface area (Å²) in [4.78, 5) is 24.6. The molecule has 2 aromatic carbocycles. The van der Waals surface area contributed by atoms with Crippen LogP contribution in [-0.4, -0.2) is 18.4 Å². The lowest BCUT2D eigenvalue weighted by Gasteiger charge is -2.09. The second kappa shape index (κ2) is 8.57. The lowest BCUT2D eigenvalue weighted by atomic mass is 10.0. The van der Waals surface area contributed by atoms with Crippen LogP contribution in [0.15, 0.2) is 48.5 Å². The van der Waals surface area contributed by atoms with E-state index < -0.39 is 0 Å². The average molecular weight is 385 g/mol.